The zero-order chi connectivity index (χ0) is 27.0. The van der Waals surface area contributed by atoms with Crippen LogP contribution < -0.4 is 15.4 Å². The van der Waals surface area contributed by atoms with Gasteiger partial charge < -0.3 is 30.4 Å². The Morgan fingerprint density at radius 3 is 2.79 bits per heavy atom. The van der Waals surface area contributed by atoms with E-state index in [9.17, 15) is 5.11 Å². The van der Waals surface area contributed by atoms with Crippen LogP contribution in [0.3, 0.4) is 0 Å². The molecule has 38 heavy (non-hydrogen) atoms. The number of benzene rings is 1. The van der Waals surface area contributed by atoms with E-state index in [2.05, 4.69) is 62.5 Å². The van der Waals surface area contributed by atoms with E-state index < -0.39 is 6.23 Å². The number of aliphatic hydroxyl groups is 1. The summed E-state index contributed by atoms with van der Waals surface area (Å²) >= 11 is 0. The predicted molar refractivity (Wildman–Crippen MR) is 150 cm³/mol. The van der Waals surface area contributed by atoms with Crippen LogP contribution >= 0.6 is 0 Å². The number of aromatic amines is 1. The zero-order valence-corrected chi connectivity index (χ0v) is 22.9. The zero-order valence-electron chi connectivity index (χ0n) is 22.9. The number of rotatable bonds is 8. The first-order chi connectivity index (χ1) is 18.2. The highest BCUT2D eigenvalue weighted by molar-refractivity contribution is 6.01. The van der Waals surface area contributed by atoms with E-state index in [-0.39, 0.29) is 6.04 Å². The van der Waals surface area contributed by atoms with E-state index in [0.717, 1.165) is 53.0 Å². The molecule has 0 saturated carbocycles. The number of aromatic nitrogens is 5. The molecule has 202 valence electrons. The molecule has 3 aromatic heterocycles. The number of fused-ring (bicyclic) bond motifs is 1. The number of anilines is 3. The summed E-state index contributed by atoms with van der Waals surface area (Å²) < 4.78 is 7.02. The van der Waals surface area contributed by atoms with Gasteiger partial charge in [0.25, 0.3) is 5.88 Å². The summed E-state index contributed by atoms with van der Waals surface area (Å²) in [5.41, 5.74) is 5.18. The van der Waals surface area contributed by atoms with Gasteiger partial charge in [0.2, 0.25) is 5.95 Å². The van der Waals surface area contributed by atoms with Gasteiger partial charge in [0.05, 0.1) is 36.2 Å². The summed E-state index contributed by atoms with van der Waals surface area (Å²) in [7, 11) is 5.55. The maximum absolute atomic E-state index is 11.1. The molecule has 11 heteroatoms. The topological polar surface area (TPSA) is 119 Å². The van der Waals surface area contributed by atoms with Gasteiger partial charge in [0, 0.05) is 56.1 Å². The van der Waals surface area contributed by atoms with Gasteiger partial charge in [0.15, 0.2) is 0 Å². The molecule has 5 rings (SSSR count). The number of aryl methyl sites for hydroxylation is 2. The summed E-state index contributed by atoms with van der Waals surface area (Å²) in [6, 6.07) is 6.38. The third kappa shape index (κ3) is 5.04. The van der Waals surface area contributed by atoms with Gasteiger partial charge in [-0.3, -0.25) is 9.58 Å². The Morgan fingerprint density at radius 1 is 1.21 bits per heavy atom. The van der Waals surface area contributed by atoms with Crippen molar-refractivity contribution in [3.05, 3.63) is 42.4 Å². The van der Waals surface area contributed by atoms with Crippen LogP contribution in [0.2, 0.25) is 0 Å². The number of ether oxygens (including phenoxy) is 1. The Labute approximate surface area is 222 Å². The summed E-state index contributed by atoms with van der Waals surface area (Å²) in [5.74, 6) is 0.922. The average molecular weight is 520 g/mol. The number of nitrogens with one attached hydrogen (secondary N) is 3. The Balaban J connectivity index is 1.40. The van der Waals surface area contributed by atoms with E-state index in [4.69, 9.17) is 9.72 Å². The molecule has 4 aromatic rings. The van der Waals surface area contributed by atoms with Gasteiger partial charge in [-0.15, -0.1) is 5.10 Å². The van der Waals surface area contributed by atoms with Crippen LogP contribution in [0.25, 0.3) is 22.2 Å². The van der Waals surface area contributed by atoms with Crippen molar-refractivity contribution in [1.29, 1.82) is 0 Å². The minimum Gasteiger partial charge on any atom is -0.478 e. The minimum atomic E-state index is -0.718. The molecule has 0 amide bonds. The normalized spacial score (nSPS) is 18.4. The monoisotopic (exact) mass is 519 g/mol. The van der Waals surface area contributed by atoms with Gasteiger partial charge in [-0.2, -0.15) is 0 Å². The van der Waals surface area contributed by atoms with Crippen LogP contribution in [0, 0.1) is 6.92 Å². The largest absolute Gasteiger partial charge is 0.478 e. The molecule has 1 aliphatic heterocycles. The summed E-state index contributed by atoms with van der Waals surface area (Å²) in [6.07, 6.45) is 4.86. The molecule has 0 aliphatic carbocycles. The van der Waals surface area contributed by atoms with Crippen molar-refractivity contribution in [3.63, 3.8) is 0 Å². The van der Waals surface area contributed by atoms with Crippen LogP contribution in [0.4, 0.5) is 17.3 Å². The highest BCUT2D eigenvalue weighted by Crippen LogP contribution is 2.34. The number of hydrogen-bond acceptors (Lipinski definition) is 9. The number of piperazine rings is 1. The smallest absolute Gasteiger partial charge is 0.256 e. The summed E-state index contributed by atoms with van der Waals surface area (Å²) in [4.78, 5) is 17.4. The number of aliphatic hydroxyl groups excluding tert-OH is 1. The van der Waals surface area contributed by atoms with E-state index in [1.54, 1.807) is 18.0 Å². The highest BCUT2D eigenvalue weighted by Gasteiger charge is 2.30. The number of para-hydroxylation sites is 1. The fraction of sp³-hybridized carbons (Fsp3) is 0.444. The standard InChI is InChI=1S/C27H37N9O2/c1-16-12-29-27(31-22-15-35(5)33-26(22)38-6)32-23(16)20-13-28-24-19(20)8-7-9-21(24)30-25(37)18(3)36-11-10-34(4)14-17(36)2/h7-9,12-13,15,17-18,25,28,30,37H,10-11,14H2,1-6H3,(H,29,31,32)/t17-,18+,25?/m0/s1. The molecule has 1 saturated heterocycles. The lowest BCUT2D eigenvalue weighted by Crippen LogP contribution is -2.57. The summed E-state index contributed by atoms with van der Waals surface area (Å²) in [5, 5.41) is 23.0. The Bertz CT molecular complexity index is 1420. The molecule has 4 N–H and O–H groups in total. The van der Waals surface area contributed by atoms with E-state index in [0.29, 0.717) is 23.6 Å². The molecule has 1 unspecified atom stereocenters. The summed E-state index contributed by atoms with van der Waals surface area (Å²) in [6.45, 7) is 9.22. The number of likely N-dealkylation sites (N-methyl/N-ethyl adjacent to an activating group) is 1. The molecule has 0 bridgehead atoms. The molecular weight excluding hydrogens is 482 g/mol. The van der Waals surface area contributed by atoms with Crippen LogP contribution in [-0.2, 0) is 7.05 Å². The van der Waals surface area contributed by atoms with Crippen LogP contribution in [-0.4, -0.2) is 91.7 Å². The number of methoxy groups -OCH3 is 1. The molecule has 3 atom stereocenters. The SMILES string of the molecule is COc1nn(C)cc1Nc1ncc(C)c(-c2c[nH]c3c(NC(O)[C@@H](C)N4CCN(C)C[C@@H]4C)cccc23)n1. The second kappa shape index (κ2) is 10.6. The number of hydrogen-bond donors (Lipinski definition) is 4. The lowest BCUT2D eigenvalue weighted by Gasteiger charge is -2.43. The first-order valence-electron chi connectivity index (χ1n) is 12.9. The van der Waals surface area contributed by atoms with Gasteiger partial charge >= 0.3 is 0 Å². The first kappa shape index (κ1) is 26.0. The Kier molecular flexibility index (Phi) is 7.24. The van der Waals surface area contributed by atoms with Crippen molar-refractivity contribution in [2.24, 2.45) is 7.05 Å². The van der Waals surface area contributed by atoms with Crippen molar-refractivity contribution in [2.45, 2.75) is 39.1 Å². The lowest BCUT2D eigenvalue weighted by atomic mass is 10.1. The second-order valence-corrected chi connectivity index (χ2v) is 10.2. The molecule has 0 spiro atoms. The van der Waals surface area contributed by atoms with E-state index >= 15 is 0 Å². The maximum Gasteiger partial charge on any atom is 0.256 e. The van der Waals surface area contributed by atoms with Crippen LogP contribution in [0.5, 0.6) is 5.88 Å². The van der Waals surface area contributed by atoms with Gasteiger partial charge in [-0.05, 0) is 39.4 Å². The number of nitrogens with zero attached hydrogens (tertiary/aromatic N) is 6. The predicted octanol–water partition coefficient (Wildman–Crippen LogP) is 3.17. The first-order valence-corrected chi connectivity index (χ1v) is 12.9. The molecule has 11 nitrogen and oxygen atoms in total. The van der Waals surface area contributed by atoms with Crippen molar-refractivity contribution in [3.8, 4) is 17.1 Å². The van der Waals surface area contributed by atoms with Gasteiger partial charge in [-0.25, -0.2) is 9.97 Å². The number of H-pyrrole nitrogens is 1. The fourth-order valence-electron chi connectivity index (χ4n) is 5.29. The quantitative estimate of drug-likeness (QED) is 0.260. The lowest BCUT2D eigenvalue weighted by molar-refractivity contribution is 0.0135. The average Bonchev–Trinajstić information content (AvgIpc) is 3.48. The molecule has 1 aliphatic rings. The Hall–Kier alpha value is -3.67. The van der Waals surface area contributed by atoms with E-state index in [1.807, 2.05) is 38.5 Å². The van der Waals surface area contributed by atoms with Crippen LogP contribution in [0.1, 0.15) is 19.4 Å². The molecular formula is C27H37N9O2. The second-order valence-electron chi connectivity index (χ2n) is 10.2. The van der Waals surface area contributed by atoms with Crippen LogP contribution in [0.15, 0.2) is 36.8 Å². The molecule has 1 fully saturated rings. The maximum atomic E-state index is 11.1. The molecule has 4 heterocycles. The van der Waals surface area contributed by atoms with Crippen molar-refractivity contribution < 1.29 is 9.84 Å². The van der Waals surface area contributed by atoms with Gasteiger partial charge in [0.1, 0.15) is 11.9 Å². The van der Waals surface area contributed by atoms with E-state index in [1.165, 1.54) is 0 Å². The Morgan fingerprint density at radius 2 is 2.03 bits per heavy atom. The highest BCUT2D eigenvalue weighted by atomic mass is 16.5. The van der Waals surface area contributed by atoms with Crippen molar-refractivity contribution in [1.82, 2.24) is 34.5 Å². The van der Waals surface area contributed by atoms with Crippen molar-refractivity contribution in [2.75, 3.05) is 44.4 Å². The minimum absolute atomic E-state index is 0.0365. The molecule has 1 aromatic carbocycles. The molecule has 0 radical (unpaired) electrons. The van der Waals surface area contributed by atoms with Crippen molar-refractivity contribution >= 4 is 28.2 Å². The third-order valence-corrected chi connectivity index (χ3v) is 7.34. The fourth-order valence-corrected chi connectivity index (χ4v) is 5.29. The third-order valence-electron chi connectivity index (χ3n) is 7.34. The van der Waals surface area contributed by atoms with Gasteiger partial charge in [-0.1, -0.05) is 12.1 Å².